The van der Waals surface area contributed by atoms with E-state index in [1.807, 2.05) is 49.4 Å². The number of likely N-dealkylation sites (tertiary alicyclic amines) is 1. The van der Waals surface area contributed by atoms with Crippen LogP contribution in [0.1, 0.15) is 12.1 Å². The Labute approximate surface area is 176 Å². The van der Waals surface area contributed by atoms with E-state index < -0.39 is 0 Å². The van der Waals surface area contributed by atoms with Crippen molar-refractivity contribution in [3.8, 4) is 11.6 Å². The first-order chi connectivity index (χ1) is 14.5. The molecule has 8 nitrogen and oxygen atoms in total. The Kier molecular flexibility index (Phi) is 5.74. The number of amides is 3. The molecule has 3 amide bonds. The van der Waals surface area contributed by atoms with E-state index >= 15 is 0 Å². The van der Waals surface area contributed by atoms with E-state index in [-0.39, 0.29) is 24.6 Å². The van der Waals surface area contributed by atoms with Crippen LogP contribution in [0.3, 0.4) is 0 Å². The number of benzene rings is 1. The first-order valence-electron chi connectivity index (χ1n) is 10.1. The molecular formula is C22H26N4O4. The predicted octanol–water partition coefficient (Wildman–Crippen LogP) is 2.32. The molecule has 0 aliphatic carbocycles. The second kappa shape index (κ2) is 8.61. The van der Waals surface area contributed by atoms with Crippen LogP contribution in [0.15, 0.2) is 42.5 Å². The number of anilines is 1. The predicted molar refractivity (Wildman–Crippen MR) is 112 cm³/mol. The number of urea groups is 1. The number of nitrogens with zero attached hydrogens (tertiary/aromatic N) is 4. The molecular weight excluding hydrogens is 384 g/mol. The maximum Gasteiger partial charge on any atom is 0.325 e. The van der Waals surface area contributed by atoms with Crippen molar-refractivity contribution in [2.24, 2.45) is 0 Å². The quantitative estimate of drug-likeness (QED) is 0.731. The number of pyridine rings is 1. The van der Waals surface area contributed by atoms with E-state index in [1.165, 1.54) is 0 Å². The molecule has 30 heavy (non-hydrogen) atoms. The molecule has 2 aliphatic rings. The van der Waals surface area contributed by atoms with Crippen molar-refractivity contribution in [2.45, 2.75) is 19.4 Å². The Hall–Kier alpha value is -3.29. The van der Waals surface area contributed by atoms with Gasteiger partial charge in [-0.2, -0.15) is 0 Å². The third kappa shape index (κ3) is 4.32. The lowest BCUT2D eigenvalue weighted by molar-refractivity contribution is -0.130. The summed E-state index contributed by atoms with van der Waals surface area (Å²) in [6.07, 6.45) is 0.682. The topological polar surface area (TPSA) is 75.2 Å². The van der Waals surface area contributed by atoms with Crippen LogP contribution in [-0.2, 0) is 4.79 Å². The van der Waals surface area contributed by atoms with Gasteiger partial charge in [0.2, 0.25) is 11.8 Å². The smallest absolute Gasteiger partial charge is 0.325 e. The van der Waals surface area contributed by atoms with Crippen molar-refractivity contribution in [3.05, 3.63) is 48.2 Å². The molecule has 0 saturated carbocycles. The van der Waals surface area contributed by atoms with Crippen LogP contribution in [0.2, 0.25) is 0 Å². The number of methoxy groups -OCH3 is 1. The first-order valence-corrected chi connectivity index (χ1v) is 10.1. The zero-order valence-corrected chi connectivity index (χ0v) is 17.3. The average Bonchev–Trinajstić information content (AvgIpc) is 3.35. The lowest BCUT2D eigenvalue weighted by Gasteiger charge is -2.22. The molecule has 8 heteroatoms. The van der Waals surface area contributed by atoms with Crippen LogP contribution < -0.4 is 14.4 Å². The summed E-state index contributed by atoms with van der Waals surface area (Å²) in [5, 5.41) is 0. The minimum atomic E-state index is -0.149. The summed E-state index contributed by atoms with van der Waals surface area (Å²) in [6.45, 7) is 4.22. The SMILES string of the molecule is COc1ccc(N2CCN(CC(=O)N3CCC(Oc4cccc(C)n4)C3)C2=O)cc1. The molecule has 1 atom stereocenters. The molecule has 3 heterocycles. The molecule has 0 N–H and O–H groups in total. The number of aromatic nitrogens is 1. The van der Waals surface area contributed by atoms with E-state index in [0.29, 0.717) is 32.1 Å². The summed E-state index contributed by atoms with van der Waals surface area (Å²) >= 11 is 0. The van der Waals surface area contributed by atoms with Crippen LogP contribution in [0, 0.1) is 6.92 Å². The number of carbonyl (C=O) groups is 2. The van der Waals surface area contributed by atoms with E-state index in [0.717, 1.165) is 23.6 Å². The highest BCUT2D eigenvalue weighted by molar-refractivity contribution is 5.96. The van der Waals surface area contributed by atoms with E-state index in [1.54, 1.807) is 21.8 Å². The fourth-order valence-electron chi connectivity index (χ4n) is 3.80. The highest BCUT2D eigenvalue weighted by Crippen LogP contribution is 2.24. The highest BCUT2D eigenvalue weighted by atomic mass is 16.5. The van der Waals surface area contributed by atoms with Gasteiger partial charge >= 0.3 is 6.03 Å². The summed E-state index contributed by atoms with van der Waals surface area (Å²) in [4.78, 5) is 34.9. The Morgan fingerprint density at radius 3 is 2.67 bits per heavy atom. The zero-order valence-electron chi connectivity index (χ0n) is 17.3. The monoisotopic (exact) mass is 410 g/mol. The minimum Gasteiger partial charge on any atom is -0.497 e. The number of aryl methyl sites for hydroxylation is 1. The molecule has 4 rings (SSSR count). The van der Waals surface area contributed by atoms with Gasteiger partial charge in [-0.25, -0.2) is 9.78 Å². The lowest BCUT2D eigenvalue weighted by Crippen LogP contribution is -2.42. The Balaban J connectivity index is 1.30. The standard InChI is InChI=1S/C22H26N4O4/c1-16-4-3-5-20(23-16)30-19-10-11-24(14-19)21(27)15-25-12-13-26(22(25)28)17-6-8-18(29-2)9-7-17/h3-9,19H,10-15H2,1-2H3. The lowest BCUT2D eigenvalue weighted by atomic mass is 10.3. The van der Waals surface area contributed by atoms with Crippen LogP contribution in [0.4, 0.5) is 10.5 Å². The number of hydrogen-bond acceptors (Lipinski definition) is 5. The van der Waals surface area contributed by atoms with Crippen molar-refractivity contribution in [1.82, 2.24) is 14.8 Å². The molecule has 2 saturated heterocycles. The van der Waals surface area contributed by atoms with Crippen molar-refractivity contribution >= 4 is 17.6 Å². The summed E-state index contributed by atoms with van der Waals surface area (Å²) in [5.74, 6) is 1.27. The van der Waals surface area contributed by atoms with E-state index in [9.17, 15) is 9.59 Å². The van der Waals surface area contributed by atoms with Crippen molar-refractivity contribution in [2.75, 3.05) is 44.7 Å². The highest BCUT2D eigenvalue weighted by Gasteiger charge is 2.34. The minimum absolute atomic E-state index is 0.0526. The third-order valence-corrected chi connectivity index (χ3v) is 5.45. The average molecular weight is 410 g/mol. The van der Waals surface area contributed by atoms with Gasteiger partial charge < -0.3 is 19.3 Å². The Morgan fingerprint density at radius 1 is 1.13 bits per heavy atom. The van der Waals surface area contributed by atoms with Crippen molar-refractivity contribution in [3.63, 3.8) is 0 Å². The molecule has 1 aromatic heterocycles. The summed E-state index contributed by atoms with van der Waals surface area (Å²) in [5.41, 5.74) is 1.70. The number of ether oxygens (including phenoxy) is 2. The summed E-state index contributed by atoms with van der Waals surface area (Å²) < 4.78 is 11.1. The van der Waals surface area contributed by atoms with Crippen LogP contribution in [0.25, 0.3) is 0 Å². The molecule has 2 aromatic rings. The molecule has 0 spiro atoms. The molecule has 1 aromatic carbocycles. The van der Waals surface area contributed by atoms with E-state index in [2.05, 4.69) is 4.98 Å². The molecule has 0 radical (unpaired) electrons. The zero-order chi connectivity index (χ0) is 21.1. The second-order valence-electron chi connectivity index (χ2n) is 7.54. The maximum absolute atomic E-state index is 12.8. The fraction of sp³-hybridized carbons (Fsp3) is 0.409. The Morgan fingerprint density at radius 2 is 1.93 bits per heavy atom. The summed E-state index contributed by atoms with van der Waals surface area (Å²) in [7, 11) is 1.61. The molecule has 0 bridgehead atoms. The molecule has 1 unspecified atom stereocenters. The molecule has 2 fully saturated rings. The number of rotatable bonds is 6. The third-order valence-electron chi connectivity index (χ3n) is 5.45. The van der Waals surface area contributed by atoms with Gasteiger partial charge in [0.05, 0.1) is 13.7 Å². The van der Waals surface area contributed by atoms with Gasteiger partial charge in [0, 0.05) is 43.5 Å². The van der Waals surface area contributed by atoms with Gasteiger partial charge in [0.15, 0.2) is 0 Å². The second-order valence-corrected chi connectivity index (χ2v) is 7.54. The van der Waals surface area contributed by atoms with Crippen LogP contribution >= 0.6 is 0 Å². The van der Waals surface area contributed by atoms with Gasteiger partial charge in [-0.15, -0.1) is 0 Å². The van der Waals surface area contributed by atoms with Gasteiger partial charge in [-0.05, 0) is 37.3 Å². The van der Waals surface area contributed by atoms with Gasteiger partial charge in [0.1, 0.15) is 18.4 Å². The van der Waals surface area contributed by atoms with Crippen molar-refractivity contribution < 1.29 is 19.1 Å². The Bertz CT molecular complexity index is 918. The summed E-state index contributed by atoms with van der Waals surface area (Å²) in [6, 6.07) is 12.8. The maximum atomic E-state index is 12.8. The number of carbonyl (C=O) groups excluding carboxylic acids is 2. The normalized spacial score (nSPS) is 18.8. The largest absolute Gasteiger partial charge is 0.497 e. The van der Waals surface area contributed by atoms with Crippen LogP contribution in [-0.4, -0.2) is 72.7 Å². The van der Waals surface area contributed by atoms with Crippen LogP contribution in [0.5, 0.6) is 11.6 Å². The molecule has 2 aliphatic heterocycles. The van der Waals surface area contributed by atoms with Crippen molar-refractivity contribution in [1.29, 1.82) is 0 Å². The first kappa shape index (κ1) is 20.0. The fourth-order valence-corrected chi connectivity index (χ4v) is 3.80. The van der Waals surface area contributed by atoms with Gasteiger partial charge in [-0.1, -0.05) is 6.07 Å². The number of hydrogen-bond donors (Lipinski definition) is 0. The van der Waals surface area contributed by atoms with Gasteiger partial charge in [-0.3, -0.25) is 9.69 Å². The van der Waals surface area contributed by atoms with Gasteiger partial charge in [0.25, 0.3) is 0 Å². The molecule has 158 valence electrons. The van der Waals surface area contributed by atoms with E-state index in [4.69, 9.17) is 9.47 Å².